The van der Waals surface area contributed by atoms with Crippen molar-refractivity contribution in [2.45, 2.75) is 19.2 Å². The normalized spacial score (nSPS) is 12.6. The average Bonchev–Trinajstić information content (AvgIpc) is 2.40. The molecular formula is C13H17F3N2O3. The van der Waals surface area contributed by atoms with Crippen LogP contribution in [0.1, 0.15) is 5.56 Å². The number of carbonyl (C=O) groups is 1. The van der Waals surface area contributed by atoms with Gasteiger partial charge in [-0.25, -0.2) is 4.79 Å². The molecule has 1 atom stereocenters. The van der Waals surface area contributed by atoms with E-state index in [9.17, 15) is 23.1 Å². The molecular weight excluding hydrogens is 289 g/mol. The second-order valence-electron chi connectivity index (χ2n) is 4.46. The molecule has 0 radical (unpaired) electrons. The molecule has 118 valence electrons. The third-order valence-electron chi connectivity index (χ3n) is 2.38. The van der Waals surface area contributed by atoms with Gasteiger partial charge in [0.1, 0.15) is 25.0 Å². The fraction of sp³-hybridized carbons (Fsp3) is 0.462. The first kappa shape index (κ1) is 17.1. The largest absolute Gasteiger partial charge is 0.491 e. The minimum Gasteiger partial charge on any atom is -0.491 e. The number of rotatable bonds is 6. The quantitative estimate of drug-likeness (QED) is 0.747. The zero-order valence-electron chi connectivity index (χ0n) is 11.4. The summed E-state index contributed by atoms with van der Waals surface area (Å²) in [5.41, 5.74) is 0.992. The average molecular weight is 306 g/mol. The minimum absolute atomic E-state index is 0.0804. The van der Waals surface area contributed by atoms with Gasteiger partial charge >= 0.3 is 12.2 Å². The van der Waals surface area contributed by atoms with Crippen LogP contribution in [-0.2, 0) is 0 Å². The van der Waals surface area contributed by atoms with E-state index in [1.165, 1.54) is 0 Å². The van der Waals surface area contributed by atoms with E-state index in [1.807, 2.05) is 13.0 Å². The van der Waals surface area contributed by atoms with Gasteiger partial charge in [-0.3, -0.25) is 0 Å². The molecule has 0 aromatic heterocycles. The monoisotopic (exact) mass is 306 g/mol. The van der Waals surface area contributed by atoms with Gasteiger partial charge in [0.15, 0.2) is 0 Å². The summed E-state index contributed by atoms with van der Waals surface area (Å²) in [7, 11) is 0. The SMILES string of the molecule is Cc1cccc(OCC(O)CNC(=O)NCC(F)(F)F)c1. The maximum atomic E-state index is 11.8. The van der Waals surface area contributed by atoms with E-state index in [4.69, 9.17) is 4.74 Å². The molecule has 0 fully saturated rings. The van der Waals surface area contributed by atoms with E-state index in [-0.39, 0.29) is 13.2 Å². The second-order valence-corrected chi connectivity index (χ2v) is 4.46. The Kier molecular flexibility index (Phi) is 6.29. The molecule has 2 amide bonds. The van der Waals surface area contributed by atoms with Crippen LogP contribution in [0.25, 0.3) is 0 Å². The fourth-order valence-electron chi connectivity index (χ4n) is 1.41. The first-order valence-corrected chi connectivity index (χ1v) is 6.22. The van der Waals surface area contributed by atoms with Crippen LogP contribution >= 0.6 is 0 Å². The Balaban J connectivity index is 2.22. The van der Waals surface area contributed by atoms with Crippen molar-refractivity contribution in [3.8, 4) is 5.75 Å². The number of amides is 2. The molecule has 5 nitrogen and oxygen atoms in total. The van der Waals surface area contributed by atoms with Gasteiger partial charge in [-0.1, -0.05) is 12.1 Å². The lowest BCUT2D eigenvalue weighted by atomic mass is 10.2. The molecule has 8 heteroatoms. The third kappa shape index (κ3) is 8.03. The van der Waals surface area contributed by atoms with E-state index in [1.54, 1.807) is 23.5 Å². The van der Waals surface area contributed by atoms with Gasteiger partial charge in [0.25, 0.3) is 0 Å². The van der Waals surface area contributed by atoms with Gasteiger partial charge in [0.2, 0.25) is 0 Å². The van der Waals surface area contributed by atoms with E-state index in [0.717, 1.165) is 5.56 Å². The van der Waals surface area contributed by atoms with Gasteiger partial charge in [-0.15, -0.1) is 0 Å². The molecule has 1 rings (SSSR count). The maximum absolute atomic E-state index is 11.8. The first-order valence-electron chi connectivity index (χ1n) is 6.22. The predicted octanol–water partition coefficient (Wildman–Crippen LogP) is 1.60. The summed E-state index contributed by atoms with van der Waals surface area (Å²) in [6, 6.07) is 6.16. The minimum atomic E-state index is -4.47. The highest BCUT2D eigenvalue weighted by Crippen LogP contribution is 2.13. The zero-order chi connectivity index (χ0) is 15.9. The molecule has 0 saturated heterocycles. The van der Waals surface area contributed by atoms with Crippen molar-refractivity contribution < 1.29 is 27.8 Å². The van der Waals surface area contributed by atoms with Crippen LogP contribution in [0.15, 0.2) is 24.3 Å². The number of aryl methyl sites for hydroxylation is 1. The smallest absolute Gasteiger partial charge is 0.405 e. The van der Waals surface area contributed by atoms with Crippen molar-refractivity contribution in [3.63, 3.8) is 0 Å². The Morgan fingerprint density at radius 1 is 1.38 bits per heavy atom. The van der Waals surface area contributed by atoms with Crippen molar-refractivity contribution in [1.82, 2.24) is 10.6 Å². The van der Waals surface area contributed by atoms with E-state index >= 15 is 0 Å². The van der Waals surface area contributed by atoms with Crippen LogP contribution in [-0.4, -0.2) is 43.1 Å². The van der Waals surface area contributed by atoms with E-state index < -0.39 is 24.9 Å². The summed E-state index contributed by atoms with van der Waals surface area (Å²) >= 11 is 0. The van der Waals surface area contributed by atoms with Gasteiger partial charge in [-0.2, -0.15) is 13.2 Å². The zero-order valence-corrected chi connectivity index (χ0v) is 11.4. The summed E-state index contributed by atoms with van der Waals surface area (Å²) in [5.74, 6) is 0.565. The van der Waals surface area contributed by atoms with Crippen LogP contribution < -0.4 is 15.4 Å². The van der Waals surface area contributed by atoms with Crippen molar-refractivity contribution in [1.29, 1.82) is 0 Å². The second kappa shape index (κ2) is 7.72. The molecule has 1 unspecified atom stereocenters. The number of nitrogens with one attached hydrogen (secondary N) is 2. The van der Waals surface area contributed by atoms with Crippen molar-refractivity contribution >= 4 is 6.03 Å². The standard InChI is InChI=1S/C13H17F3N2O3/c1-9-3-2-4-11(5-9)21-7-10(19)6-17-12(20)18-8-13(14,15)16/h2-5,10,19H,6-8H2,1H3,(H2,17,18,20). The van der Waals surface area contributed by atoms with Crippen molar-refractivity contribution in [2.24, 2.45) is 0 Å². The third-order valence-corrected chi connectivity index (χ3v) is 2.38. The molecule has 1 aromatic rings. The van der Waals surface area contributed by atoms with Gasteiger partial charge in [0, 0.05) is 6.54 Å². The summed E-state index contributed by atoms with van der Waals surface area (Å²) in [6.45, 7) is 0.170. The Morgan fingerprint density at radius 3 is 2.71 bits per heavy atom. The van der Waals surface area contributed by atoms with E-state index in [2.05, 4.69) is 5.32 Å². The number of ether oxygens (including phenoxy) is 1. The molecule has 1 aromatic carbocycles. The Hall–Kier alpha value is -1.96. The summed E-state index contributed by atoms with van der Waals surface area (Å²) in [5, 5.41) is 13.3. The number of alkyl halides is 3. The van der Waals surface area contributed by atoms with E-state index in [0.29, 0.717) is 5.75 Å². The van der Waals surface area contributed by atoms with Crippen LogP contribution in [0.5, 0.6) is 5.75 Å². The number of benzene rings is 1. The van der Waals surface area contributed by atoms with Crippen LogP contribution in [0.4, 0.5) is 18.0 Å². The van der Waals surface area contributed by atoms with Gasteiger partial charge in [0.05, 0.1) is 0 Å². The lowest BCUT2D eigenvalue weighted by Crippen LogP contribution is -2.44. The number of aliphatic hydroxyl groups excluding tert-OH is 1. The molecule has 0 spiro atoms. The van der Waals surface area contributed by atoms with Crippen molar-refractivity contribution in [3.05, 3.63) is 29.8 Å². The highest BCUT2D eigenvalue weighted by atomic mass is 19.4. The predicted molar refractivity (Wildman–Crippen MR) is 70.1 cm³/mol. The van der Waals surface area contributed by atoms with Crippen LogP contribution in [0.3, 0.4) is 0 Å². The Morgan fingerprint density at radius 2 is 2.10 bits per heavy atom. The lowest BCUT2D eigenvalue weighted by Gasteiger charge is -2.14. The highest BCUT2D eigenvalue weighted by Gasteiger charge is 2.27. The lowest BCUT2D eigenvalue weighted by molar-refractivity contribution is -0.122. The summed E-state index contributed by atoms with van der Waals surface area (Å²) < 4.78 is 40.8. The number of carbonyl (C=O) groups excluding carboxylic acids is 1. The molecule has 3 N–H and O–H groups in total. The molecule has 21 heavy (non-hydrogen) atoms. The first-order chi connectivity index (χ1) is 9.76. The number of urea groups is 1. The molecule has 0 aliphatic heterocycles. The molecule has 0 aliphatic rings. The number of halogens is 3. The number of hydrogen-bond acceptors (Lipinski definition) is 3. The van der Waals surface area contributed by atoms with Crippen LogP contribution in [0.2, 0.25) is 0 Å². The summed E-state index contributed by atoms with van der Waals surface area (Å²) in [6.07, 6.45) is -5.49. The molecule has 0 heterocycles. The number of hydrogen-bond donors (Lipinski definition) is 3. The van der Waals surface area contributed by atoms with Crippen LogP contribution in [0, 0.1) is 6.92 Å². The topological polar surface area (TPSA) is 70.6 Å². The van der Waals surface area contributed by atoms with Gasteiger partial charge in [-0.05, 0) is 24.6 Å². The Labute approximate surface area is 120 Å². The molecule has 0 bridgehead atoms. The maximum Gasteiger partial charge on any atom is 0.405 e. The Bertz CT molecular complexity index is 466. The molecule has 0 saturated carbocycles. The summed E-state index contributed by atoms with van der Waals surface area (Å²) in [4.78, 5) is 11.0. The van der Waals surface area contributed by atoms with Crippen molar-refractivity contribution in [2.75, 3.05) is 19.7 Å². The highest BCUT2D eigenvalue weighted by molar-refractivity contribution is 5.73. The fourth-order valence-corrected chi connectivity index (χ4v) is 1.41. The number of aliphatic hydroxyl groups is 1. The van der Waals surface area contributed by atoms with Gasteiger partial charge < -0.3 is 20.5 Å². The molecule has 0 aliphatic carbocycles.